The minimum absolute atomic E-state index is 0.171. The summed E-state index contributed by atoms with van der Waals surface area (Å²) in [4.78, 5) is 10.7. The molecule has 0 heterocycles. The van der Waals surface area contributed by atoms with Crippen LogP contribution < -0.4 is 16.9 Å². The zero-order valence-electron chi connectivity index (χ0n) is 10.3. The van der Waals surface area contributed by atoms with Gasteiger partial charge in [0.05, 0.1) is 5.71 Å². The van der Waals surface area contributed by atoms with Gasteiger partial charge < -0.3 is 11.5 Å². The molecule has 0 saturated carbocycles. The summed E-state index contributed by atoms with van der Waals surface area (Å²) >= 11 is 0. The van der Waals surface area contributed by atoms with Crippen LogP contribution in [0.2, 0.25) is 0 Å². The lowest BCUT2D eigenvalue weighted by Crippen LogP contribution is -2.27. The summed E-state index contributed by atoms with van der Waals surface area (Å²) in [6, 6.07) is 4.98. The van der Waals surface area contributed by atoms with E-state index in [2.05, 4.69) is 10.5 Å². The second kappa shape index (κ2) is 5.34. The number of anilines is 1. The van der Waals surface area contributed by atoms with Crippen LogP contribution in [0.5, 0.6) is 0 Å². The largest absolute Gasteiger partial charge is 0.399 e. The summed E-state index contributed by atoms with van der Waals surface area (Å²) in [5.41, 5.74) is 16.4. The van der Waals surface area contributed by atoms with E-state index in [-0.39, 0.29) is 5.92 Å². The lowest BCUT2D eigenvalue weighted by molar-refractivity contribution is 0.249. The zero-order valence-corrected chi connectivity index (χ0v) is 10.3. The molecule has 0 aliphatic rings. The summed E-state index contributed by atoms with van der Waals surface area (Å²) in [7, 11) is 0. The van der Waals surface area contributed by atoms with E-state index >= 15 is 0 Å². The van der Waals surface area contributed by atoms with Crippen molar-refractivity contribution in [2.45, 2.75) is 20.8 Å². The molecule has 0 unspecified atom stereocenters. The first-order chi connectivity index (χ1) is 7.91. The van der Waals surface area contributed by atoms with Crippen molar-refractivity contribution >= 4 is 17.4 Å². The van der Waals surface area contributed by atoms with Gasteiger partial charge in [-0.25, -0.2) is 10.2 Å². The van der Waals surface area contributed by atoms with Crippen molar-refractivity contribution in [3.8, 4) is 0 Å². The average Bonchev–Trinajstić information content (AvgIpc) is 2.22. The van der Waals surface area contributed by atoms with Crippen LogP contribution in [0.3, 0.4) is 0 Å². The molecule has 0 aromatic heterocycles. The molecule has 0 saturated heterocycles. The Morgan fingerprint density at radius 3 is 2.53 bits per heavy atom. The molecule has 2 amide bonds. The highest BCUT2D eigenvalue weighted by atomic mass is 16.2. The minimum Gasteiger partial charge on any atom is -0.399 e. The fourth-order valence-electron chi connectivity index (χ4n) is 1.48. The van der Waals surface area contributed by atoms with E-state index in [4.69, 9.17) is 11.5 Å². The van der Waals surface area contributed by atoms with Crippen molar-refractivity contribution in [3.05, 3.63) is 29.3 Å². The van der Waals surface area contributed by atoms with Gasteiger partial charge >= 0.3 is 6.03 Å². The lowest BCUT2D eigenvalue weighted by Gasteiger charge is -2.11. The Kier molecular flexibility index (Phi) is 4.09. The number of carbonyl (C=O) groups excluding carboxylic acids is 1. The summed E-state index contributed by atoms with van der Waals surface area (Å²) < 4.78 is 0. The third-order valence-electron chi connectivity index (χ3n) is 2.40. The van der Waals surface area contributed by atoms with Gasteiger partial charge in [-0.05, 0) is 36.1 Å². The molecule has 1 rings (SSSR count). The molecule has 5 N–H and O–H groups in total. The molecule has 5 heteroatoms. The smallest absolute Gasteiger partial charge is 0.332 e. The lowest BCUT2D eigenvalue weighted by atomic mass is 9.98. The van der Waals surface area contributed by atoms with Gasteiger partial charge in [0.25, 0.3) is 0 Å². The van der Waals surface area contributed by atoms with Crippen molar-refractivity contribution in [1.82, 2.24) is 5.43 Å². The predicted octanol–water partition coefficient (Wildman–Crippen LogP) is 1.61. The van der Waals surface area contributed by atoms with Gasteiger partial charge in [-0.2, -0.15) is 5.10 Å². The third-order valence-corrected chi connectivity index (χ3v) is 2.40. The highest BCUT2D eigenvalue weighted by Gasteiger charge is 2.10. The van der Waals surface area contributed by atoms with E-state index < -0.39 is 6.03 Å². The van der Waals surface area contributed by atoms with E-state index in [0.717, 1.165) is 22.5 Å². The second-order valence-electron chi connectivity index (χ2n) is 4.20. The Morgan fingerprint density at radius 1 is 1.41 bits per heavy atom. The monoisotopic (exact) mass is 234 g/mol. The number of rotatable bonds is 3. The Balaban J connectivity index is 3.10. The summed E-state index contributed by atoms with van der Waals surface area (Å²) in [5, 5.41) is 4.02. The minimum atomic E-state index is -0.671. The molecule has 1 aromatic rings. The molecule has 0 aliphatic carbocycles. The van der Waals surface area contributed by atoms with Crippen molar-refractivity contribution in [3.63, 3.8) is 0 Å². The number of amides is 2. The van der Waals surface area contributed by atoms with E-state index in [9.17, 15) is 4.79 Å². The summed E-state index contributed by atoms with van der Waals surface area (Å²) in [6.45, 7) is 5.92. The number of nitrogen functional groups attached to an aromatic ring is 1. The SMILES string of the molecule is Cc1cc(/C(=N/NC(N)=O)C(C)C)ccc1N. The molecule has 1 aromatic carbocycles. The third kappa shape index (κ3) is 3.48. The van der Waals surface area contributed by atoms with Crippen molar-refractivity contribution in [2.75, 3.05) is 5.73 Å². The van der Waals surface area contributed by atoms with Gasteiger partial charge in [-0.1, -0.05) is 19.9 Å². The highest BCUT2D eigenvalue weighted by molar-refractivity contribution is 6.02. The van der Waals surface area contributed by atoms with Crippen molar-refractivity contribution in [2.24, 2.45) is 16.8 Å². The molecule has 5 nitrogen and oxygen atoms in total. The number of hydrogen-bond donors (Lipinski definition) is 3. The number of benzene rings is 1. The van der Waals surface area contributed by atoms with Gasteiger partial charge in [0, 0.05) is 5.69 Å². The molecular weight excluding hydrogens is 216 g/mol. The van der Waals surface area contributed by atoms with Gasteiger partial charge in [-0.15, -0.1) is 0 Å². The first-order valence-corrected chi connectivity index (χ1v) is 5.41. The van der Waals surface area contributed by atoms with E-state index in [1.54, 1.807) is 0 Å². The molecule has 0 radical (unpaired) electrons. The first-order valence-electron chi connectivity index (χ1n) is 5.41. The van der Waals surface area contributed by atoms with Crippen LogP contribution in [-0.4, -0.2) is 11.7 Å². The molecule has 17 heavy (non-hydrogen) atoms. The molecule has 0 spiro atoms. The number of carbonyl (C=O) groups is 1. The predicted molar refractivity (Wildman–Crippen MR) is 69.7 cm³/mol. The fraction of sp³-hybridized carbons (Fsp3) is 0.333. The van der Waals surface area contributed by atoms with Crippen LogP contribution in [0, 0.1) is 12.8 Å². The van der Waals surface area contributed by atoms with E-state index in [0.29, 0.717) is 0 Å². The number of nitrogens with zero attached hydrogens (tertiary/aromatic N) is 1. The maximum absolute atomic E-state index is 10.7. The van der Waals surface area contributed by atoms with Crippen LogP contribution in [0.4, 0.5) is 10.5 Å². The second-order valence-corrected chi connectivity index (χ2v) is 4.20. The van der Waals surface area contributed by atoms with Crippen LogP contribution in [0.1, 0.15) is 25.0 Å². The van der Waals surface area contributed by atoms with Gasteiger partial charge in [0.1, 0.15) is 0 Å². The molecule has 0 fully saturated rings. The molecular formula is C12H18N4O. The number of urea groups is 1. The van der Waals surface area contributed by atoms with Gasteiger partial charge in [0.2, 0.25) is 0 Å². The highest BCUT2D eigenvalue weighted by Crippen LogP contribution is 2.16. The van der Waals surface area contributed by atoms with Gasteiger partial charge in [-0.3, -0.25) is 0 Å². The number of aryl methyl sites for hydroxylation is 1. The number of nitrogens with two attached hydrogens (primary N) is 2. The van der Waals surface area contributed by atoms with Crippen molar-refractivity contribution in [1.29, 1.82) is 0 Å². The average molecular weight is 234 g/mol. The zero-order chi connectivity index (χ0) is 13.0. The van der Waals surface area contributed by atoms with Gasteiger partial charge in [0.15, 0.2) is 0 Å². The summed E-state index contributed by atoms with van der Waals surface area (Å²) in [6.07, 6.45) is 0. The number of primary amides is 1. The Bertz CT molecular complexity index is 452. The standard InChI is InChI=1S/C12H18N4O/c1-7(2)11(15-16-12(14)17)9-4-5-10(13)8(3)6-9/h4-7H,13H2,1-3H3,(H3,14,16,17)/b15-11+. The topological polar surface area (TPSA) is 93.5 Å². The number of hydrazone groups is 1. The Labute approximate surface area is 101 Å². The molecule has 92 valence electrons. The molecule has 0 bridgehead atoms. The number of hydrogen-bond acceptors (Lipinski definition) is 3. The summed E-state index contributed by atoms with van der Waals surface area (Å²) in [5.74, 6) is 0.171. The normalized spacial score (nSPS) is 11.6. The maximum atomic E-state index is 10.7. The van der Waals surface area contributed by atoms with Crippen LogP contribution in [0.25, 0.3) is 0 Å². The first kappa shape index (κ1) is 13.0. The van der Waals surface area contributed by atoms with E-state index in [1.165, 1.54) is 0 Å². The van der Waals surface area contributed by atoms with Crippen LogP contribution in [0.15, 0.2) is 23.3 Å². The molecule has 0 aliphatic heterocycles. The Morgan fingerprint density at radius 2 is 2.06 bits per heavy atom. The quantitative estimate of drug-likeness (QED) is 0.421. The van der Waals surface area contributed by atoms with Crippen LogP contribution in [-0.2, 0) is 0 Å². The van der Waals surface area contributed by atoms with Crippen molar-refractivity contribution < 1.29 is 4.79 Å². The van der Waals surface area contributed by atoms with Crippen LogP contribution >= 0.6 is 0 Å². The van der Waals surface area contributed by atoms with E-state index in [1.807, 2.05) is 39.0 Å². The Hall–Kier alpha value is -2.04. The maximum Gasteiger partial charge on any atom is 0.332 e. The number of nitrogens with one attached hydrogen (secondary N) is 1. The molecule has 0 atom stereocenters. The fourth-order valence-corrected chi connectivity index (χ4v) is 1.48.